The molecule has 2 rings (SSSR count). The van der Waals surface area contributed by atoms with E-state index in [9.17, 15) is 18.0 Å². The first kappa shape index (κ1) is 14.5. The van der Waals surface area contributed by atoms with Gasteiger partial charge >= 0.3 is 11.0 Å². The van der Waals surface area contributed by atoms with Crippen LogP contribution in [0, 0.1) is 0 Å². The van der Waals surface area contributed by atoms with Crippen LogP contribution in [0.15, 0.2) is 10.2 Å². The van der Waals surface area contributed by atoms with Crippen LogP contribution in [0.1, 0.15) is 18.5 Å². The van der Waals surface area contributed by atoms with Crippen molar-refractivity contribution in [1.29, 1.82) is 0 Å². The van der Waals surface area contributed by atoms with E-state index in [1.807, 2.05) is 0 Å². The van der Waals surface area contributed by atoms with Crippen molar-refractivity contribution in [2.24, 2.45) is 0 Å². The highest BCUT2D eigenvalue weighted by molar-refractivity contribution is 7.07. The number of aromatic amines is 1. The van der Waals surface area contributed by atoms with Crippen LogP contribution in [-0.4, -0.2) is 41.7 Å². The van der Waals surface area contributed by atoms with Gasteiger partial charge in [0, 0.05) is 23.7 Å². The summed E-state index contributed by atoms with van der Waals surface area (Å²) in [6, 6.07) is 0.216. The number of hydrogen-bond donors (Lipinski definition) is 2. The van der Waals surface area contributed by atoms with Crippen LogP contribution < -0.4 is 10.2 Å². The van der Waals surface area contributed by atoms with E-state index in [1.165, 1.54) is 4.90 Å². The third-order valence-corrected chi connectivity index (χ3v) is 3.86. The molecule has 0 atom stereocenters. The van der Waals surface area contributed by atoms with E-state index in [0.717, 1.165) is 17.0 Å². The van der Waals surface area contributed by atoms with Gasteiger partial charge in [-0.15, -0.1) is 0 Å². The van der Waals surface area contributed by atoms with Gasteiger partial charge in [0.25, 0.3) is 0 Å². The Hall–Kier alpha value is -0.860. The van der Waals surface area contributed by atoms with E-state index in [1.54, 1.807) is 5.38 Å². The number of aromatic nitrogens is 1. The maximum absolute atomic E-state index is 12.2. The summed E-state index contributed by atoms with van der Waals surface area (Å²) < 4.78 is 36.7. The normalized spacial score (nSPS) is 18.9. The van der Waals surface area contributed by atoms with E-state index in [2.05, 4.69) is 10.3 Å². The smallest absolute Gasteiger partial charge is 0.315 e. The largest absolute Gasteiger partial charge is 0.401 e. The maximum atomic E-state index is 12.2. The number of nitrogens with one attached hydrogen (secondary N) is 2. The molecule has 2 heterocycles. The van der Waals surface area contributed by atoms with Gasteiger partial charge in [-0.25, -0.2) is 0 Å². The van der Waals surface area contributed by atoms with Crippen molar-refractivity contribution in [1.82, 2.24) is 15.2 Å². The number of piperidine rings is 1. The number of thiazole rings is 1. The highest BCUT2D eigenvalue weighted by Crippen LogP contribution is 2.19. The lowest BCUT2D eigenvalue weighted by molar-refractivity contribution is -0.148. The lowest BCUT2D eigenvalue weighted by atomic mass is 10.1. The fraction of sp³-hybridized carbons (Fsp3) is 0.727. The summed E-state index contributed by atoms with van der Waals surface area (Å²) in [6.45, 7) is 0.648. The molecular weight excluding hydrogens is 279 g/mol. The Morgan fingerprint density at radius 2 is 2.11 bits per heavy atom. The summed E-state index contributed by atoms with van der Waals surface area (Å²) in [4.78, 5) is 15.0. The highest BCUT2D eigenvalue weighted by atomic mass is 32.1. The predicted molar refractivity (Wildman–Crippen MR) is 67.3 cm³/mol. The molecule has 0 spiro atoms. The van der Waals surface area contributed by atoms with E-state index in [-0.39, 0.29) is 10.9 Å². The lowest BCUT2D eigenvalue weighted by Gasteiger charge is -2.32. The molecule has 0 bridgehead atoms. The number of halogens is 3. The van der Waals surface area contributed by atoms with Gasteiger partial charge < -0.3 is 10.3 Å². The lowest BCUT2D eigenvalue weighted by Crippen LogP contribution is -2.45. The minimum absolute atomic E-state index is 0.0863. The molecule has 2 N–H and O–H groups in total. The second kappa shape index (κ2) is 6.06. The van der Waals surface area contributed by atoms with Crippen molar-refractivity contribution in [2.45, 2.75) is 31.6 Å². The van der Waals surface area contributed by atoms with Crippen LogP contribution in [0.5, 0.6) is 0 Å². The van der Waals surface area contributed by atoms with Gasteiger partial charge in [0.05, 0.1) is 6.54 Å². The van der Waals surface area contributed by atoms with Gasteiger partial charge in [-0.3, -0.25) is 9.69 Å². The van der Waals surface area contributed by atoms with Gasteiger partial charge in [0.15, 0.2) is 0 Å². The van der Waals surface area contributed by atoms with Gasteiger partial charge in [0.1, 0.15) is 0 Å². The number of nitrogens with zero attached hydrogens (tertiary/aromatic N) is 1. The summed E-state index contributed by atoms with van der Waals surface area (Å²) in [7, 11) is 0. The number of hydrogen-bond acceptors (Lipinski definition) is 4. The molecule has 1 aliphatic heterocycles. The Morgan fingerprint density at radius 1 is 1.42 bits per heavy atom. The molecule has 1 saturated heterocycles. The Morgan fingerprint density at radius 3 is 2.63 bits per heavy atom. The van der Waals surface area contributed by atoms with Crippen molar-refractivity contribution in [2.75, 3.05) is 19.6 Å². The molecule has 0 amide bonds. The first-order chi connectivity index (χ1) is 8.92. The SMILES string of the molecule is O=c1[nH]c(CNC2CCN(CC(F)(F)F)CC2)cs1. The first-order valence-electron chi connectivity index (χ1n) is 6.11. The Bertz CT molecular complexity index is 449. The zero-order chi connectivity index (χ0) is 13.9. The number of H-pyrrole nitrogens is 1. The summed E-state index contributed by atoms with van der Waals surface area (Å²) >= 11 is 1.11. The first-order valence-corrected chi connectivity index (χ1v) is 6.99. The average Bonchev–Trinajstić information content (AvgIpc) is 2.72. The fourth-order valence-corrected chi connectivity index (χ4v) is 2.79. The summed E-state index contributed by atoms with van der Waals surface area (Å²) in [6.07, 6.45) is -2.72. The van der Waals surface area contributed by atoms with E-state index in [4.69, 9.17) is 0 Å². The Labute approximate surface area is 112 Å². The molecule has 0 radical (unpaired) electrons. The summed E-state index contributed by atoms with van der Waals surface area (Å²) in [5.41, 5.74) is 0.827. The molecule has 1 aromatic rings. The Balaban J connectivity index is 1.70. The van der Waals surface area contributed by atoms with Crippen LogP contribution in [0.4, 0.5) is 13.2 Å². The van der Waals surface area contributed by atoms with Crippen LogP contribution in [0.3, 0.4) is 0 Å². The topological polar surface area (TPSA) is 48.1 Å². The number of alkyl halides is 3. The minimum atomic E-state index is -4.11. The van der Waals surface area contributed by atoms with Gasteiger partial charge in [-0.2, -0.15) is 13.2 Å². The molecule has 19 heavy (non-hydrogen) atoms. The second-order valence-corrected chi connectivity index (χ2v) is 5.56. The molecule has 1 aliphatic rings. The van der Waals surface area contributed by atoms with Crippen LogP contribution >= 0.6 is 11.3 Å². The molecule has 4 nitrogen and oxygen atoms in total. The standard InChI is InChI=1S/C11H16F3N3OS/c12-11(13,14)7-17-3-1-8(2-4-17)15-5-9-6-19-10(18)16-9/h6,8,15H,1-5,7H2,(H,16,18). The molecule has 8 heteroatoms. The molecule has 1 fully saturated rings. The molecule has 0 unspecified atom stereocenters. The van der Waals surface area contributed by atoms with E-state index >= 15 is 0 Å². The molecule has 0 aliphatic carbocycles. The molecule has 108 valence electrons. The van der Waals surface area contributed by atoms with Crippen molar-refractivity contribution in [3.63, 3.8) is 0 Å². The predicted octanol–water partition coefficient (Wildman–Crippen LogP) is 1.55. The highest BCUT2D eigenvalue weighted by Gasteiger charge is 2.32. The zero-order valence-electron chi connectivity index (χ0n) is 10.3. The number of likely N-dealkylation sites (tertiary alicyclic amines) is 1. The Kier molecular flexibility index (Phi) is 4.64. The van der Waals surface area contributed by atoms with Crippen LogP contribution in [0.25, 0.3) is 0 Å². The van der Waals surface area contributed by atoms with Gasteiger partial charge in [-0.05, 0) is 25.9 Å². The van der Waals surface area contributed by atoms with Crippen molar-refractivity contribution < 1.29 is 13.2 Å². The third-order valence-electron chi connectivity index (χ3n) is 3.14. The third kappa shape index (κ3) is 4.96. The molecule has 0 saturated carbocycles. The second-order valence-electron chi connectivity index (χ2n) is 4.72. The van der Waals surface area contributed by atoms with E-state index < -0.39 is 12.7 Å². The number of rotatable bonds is 4. The van der Waals surface area contributed by atoms with Crippen molar-refractivity contribution >= 4 is 11.3 Å². The monoisotopic (exact) mass is 295 g/mol. The van der Waals surface area contributed by atoms with E-state index in [0.29, 0.717) is 32.5 Å². The summed E-state index contributed by atoms with van der Waals surface area (Å²) in [5, 5.41) is 5.02. The van der Waals surface area contributed by atoms with Crippen molar-refractivity contribution in [3.8, 4) is 0 Å². The average molecular weight is 295 g/mol. The zero-order valence-corrected chi connectivity index (χ0v) is 11.1. The maximum Gasteiger partial charge on any atom is 0.401 e. The van der Waals surface area contributed by atoms with Gasteiger partial charge in [0.2, 0.25) is 0 Å². The fourth-order valence-electron chi connectivity index (χ4n) is 2.20. The minimum Gasteiger partial charge on any atom is -0.315 e. The van der Waals surface area contributed by atoms with Gasteiger partial charge in [-0.1, -0.05) is 11.3 Å². The van der Waals surface area contributed by atoms with Crippen molar-refractivity contribution in [3.05, 3.63) is 20.7 Å². The van der Waals surface area contributed by atoms with Crippen LogP contribution in [-0.2, 0) is 6.54 Å². The van der Waals surface area contributed by atoms with Crippen LogP contribution in [0.2, 0.25) is 0 Å². The quantitative estimate of drug-likeness (QED) is 0.886. The summed E-state index contributed by atoms with van der Waals surface area (Å²) in [5.74, 6) is 0. The molecule has 1 aromatic heterocycles. The molecule has 0 aromatic carbocycles. The molecular formula is C11H16F3N3OS.